The van der Waals surface area contributed by atoms with E-state index in [0.29, 0.717) is 22.9 Å². The molecule has 164 valence electrons. The first-order valence-corrected chi connectivity index (χ1v) is 9.35. The van der Waals surface area contributed by atoms with Crippen molar-refractivity contribution in [3.8, 4) is 34.1 Å². The Morgan fingerprint density at radius 1 is 1.09 bits per heavy atom. The largest absolute Gasteiger partial charge is 0.497 e. The Bertz CT molecular complexity index is 1300. The number of hydrogen-bond acceptors (Lipinski definition) is 6. The molecule has 0 saturated heterocycles. The maximum absolute atomic E-state index is 14.3. The van der Waals surface area contributed by atoms with Crippen molar-refractivity contribution in [3.05, 3.63) is 59.8 Å². The molecule has 4 rings (SSSR count). The number of nitrogens with zero attached hydrogens (tertiary/aromatic N) is 4. The zero-order chi connectivity index (χ0) is 22.8. The van der Waals surface area contributed by atoms with Crippen molar-refractivity contribution in [3.63, 3.8) is 0 Å². The molecule has 0 atom stereocenters. The normalized spacial score (nSPS) is 10.8. The summed E-state index contributed by atoms with van der Waals surface area (Å²) in [5.74, 6) is -0.701. The molecule has 32 heavy (non-hydrogen) atoms. The molecular formula is C21H18F2N6O3. The summed E-state index contributed by atoms with van der Waals surface area (Å²) in [4.78, 5) is 17.1. The lowest BCUT2D eigenvalue weighted by atomic mass is 10.1. The van der Waals surface area contributed by atoms with Crippen molar-refractivity contribution in [2.45, 2.75) is 0 Å². The number of aryl methyl sites for hydroxylation is 1. The topological polar surface area (TPSA) is 107 Å². The molecule has 0 unspecified atom stereocenters. The van der Waals surface area contributed by atoms with Crippen LogP contribution in [-0.2, 0) is 7.05 Å². The van der Waals surface area contributed by atoms with Gasteiger partial charge in [0.1, 0.15) is 28.8 Å². The molecule has 2 heterocycles. The SMILES string of the molecule is COc1ccc(-c2nc(NC(=O)c3cn(C)nc3-c3ccc(F)cc3F)n[nH]2)c(OC)c1. The number of amides is 1. The minimum Gasteiger partial charge on any atom is -0.497 e. The van der Waals surface area contributed by atoms with Gasteiger partial charge in [0.25, 0.3) is 5.91 Å². The van der Waals surface area contributed by atoms with Crippen LogP contribution in [0.4, 0.5) is 14.7 Å². The first-order chi connectivity index (χ1) is 15.4. The monoisotopic (exact) mass is 440 g/mol. The standard InChI is InChI=1S/C21H18F2N6O3/c1-29-10-15(18(28-29)13-6-4-11(22)8-16(13)23)20(30)25-21-24-19(26-27-21)14-7-5-12(31-2)9-17(14)32-3/h4-10H,1-3H3,(H2,24,25,26,27,30). The van der Waals surface area contributed by atoms with Crippen LogP contribution in [0.5, 0.6) is 11.5 Å². The Morgan fingerprint density at radius 2 is 1.88 bits per heavy atom. The van der Waals surface area contributed by atoms with E-state index in [9.17, 15) is 13.6 Å². The average molecular weight is 440 g/mol. The van der Waals surface area contributed by atoms with Gasteiger partial charge in [-0.1, -0.05) is 0 Å². The maximum atomic E-state index is 14.3. The third-order valence-corrected chi connectivity index (χ3v) is 4.63. The number of hydrogen-bond donors (Lipinski definition) is 2. The third kappa shape index (κ3) is 4.00. The molecule has 4 aromatic rings. The van der Waals surface area contributed by atoms with Crippen LogP contribution in [0, 0.1) is 11.6 Å². The van der Waals surface area contributed by atoms with E-state index in [2.05, 4.69) is 25.6 Å². The van der Waals surface area contributed by atoms with Gasteiger partial charge in [-0.2, -0.15) is 10.1 Å². The van der Waals surface area contributed by atoms with E-state index in [0.717, 1.165) is 12.1 Å². The molecule has 2 aromatic carbocycles. The van der Waals surface area contributed by atoms with E-state index in [1.54, 1.807) is 32.4 Å². The number of aromatic nitrogens is 5. The molecule has 0 aliphatic heterocycles. The van der Waals surface area contributed by atoms with Crippen LogP contribution in [0.3, 0.4) is 0 Å². The fourth-order valence-corrected chi connectivity index (χ4v) is 3.14. The molecular weight excluding hydrogens is 422 g/mol. The van der Waals surface area contributed by atoms with Gasteiger partial charge in [0.2, 0.25) is 5.95 Å². The zero-order valence-corrected chi connectivity index (χ0v) is 17.3. The minimum absolute atomic E-state index is 0.00254. The van der Waals surface area contributed by atoms with Gasteiger partial charge < -0.3 is 9.47 Å². The number of H-pyrrole nitrogens is 1. The van der Waals surface area contributed by atoms with Crippen molar-refractivity contribution in [2.75, 3.05) is 19.5 Å². The summed E-state index contributed by atoms with van der Waals surface area (Å²) in [7, 11) is 4.64. The third-order valence-electron chi connectivity index (χ3n) is 4.63. The van der Waals surface area contributed by atoms with Gasteiger partial charge in [-0.05, 0) is 24.3 Å². The highest BCUT2D eigenvalue weighted by molar-refractivity contribution is 6.07. The average Bonchev–Trinajstić information content (AvgIpc) is 3.39. The smallest absolute Gasteiger partial charge is 0.261 e. The zero-order valence-electron chi connectivity index (χ0n) is 17.3. The van der Waals surface area contributed by atoms with Crippen LogP contribution in [0.25, 0.3) is 22.6 Å². The summed E-state index contributed by atoms with van der Waals surface area (Å²) in [5.41, 5.74) is 0.744. The number of methoxy groups -OCH3 is 2. The first kappa shape index (κ1) is 21.0. The van der Waals surface area contributed by atoms with Crippen LogP contribution in [0.1, 0.15) is 10.4 Å². The molecule has 0 saturated carbocycles. The molecule has 0 bridgehead atoms. The van der Waals surface area contributed by atoms with Crippen LogP contribution >= 0.6 is 0 Å². The number of halogens is 2. The second kappa shape index (κ2) is 8.46. The second-order valence-corrected chi connectivity index (χ2v) is 6.72. The Kier molecular flexibility index (Phi) is 5.54. The molecule has 2 N–H and O–H groups in total. The number of nitrogens with one attached hydrogen (secondary N) is 2. The predicted octanol–water partition coefficient (Wildman–Crippen LogP) is 3.42. The van der Waals surface area contributed by atoms with E-state index in [1.807, 2.05) is 0 Å². The molecule has 0 aliphatic carbocycles. The number of carbonyl (C=O) groups excluding carboxylic acids is 1. The van der Waals surface area contributed by atoms with Crippen molar-refractivity contribution in [1.82, 2.24) is 25.0 Å². The first-order valence-electron chi connectivity index (χ1n) is 9.35. The maximum Gasteiger partial charge on any atom is 0.261 e. The Balaban J connectivity index is 1.61. The Labute approximate surface area is 181 Å². The fourth-order valence-electron chi connectivity index (χ4n) is 3.14. The molecule has 0 fully saturated rings. The van der Waals surface area contributed by atoms with Gasteiger partial charge in [0.05, 0.1) is 25.3 Å². The van der Waals surface area contributed by atoms with Gasteiger partial charge >= 0.3 is 0 Å². The molecule has 9 nitrogen and oxygen atoms in total. The lowest BCUT2D eigenvalue weighted by Crippen LogP contribution is -2.13. The highest BCUT2D eigenvalue weighted by Gasteiger charge is 2.22. The molecule has 0 spiro atoms. The van der Waals surface area contributed by atoms with Gasteiger partial charge in [-0.15, -0.1) is 5.10 Å². The highest BCUT2D eigenvalue weighted by atomic mass is 19.1. The van der Waals surface area contributed by atoms with Crippen LogP contribution < -0.4 is 14.8 Å². The van der Waals surface area contributed by atoms with Gasteiger partial charge in [0, 0.05) is 30.9 Å². The van der Waals surface area contributed by atoms with Gasteiger partial charge in [-0.25, -0.2) is 8.78 Å². The van der Waals surface area contributed by atoms with Crippen LogP contribution in [0.15, 0.2) is 42.6 Å². The molecule has 2 aromatic heterocycles. The fraction of sp³-hybridized carbons (Fsp3) is 0.143. The van der Waals surface area contributed by atoms with Crippen molar-refractivity contribution >= 4 is 11.9 Å². The van der Waals surface area contributed by atoms with Gasteiger partial charge in [0.15, 0.2) is 5.82 Å². The molecule has 1 amide bonds. The number of rotatable bonds is 6. The molecule has 0 radical (unpaired) electrons. The van der Waals surface area contributed by atoms with E-state index >= 15 is 0 Å². The Hall–Kier alpha value is -4.28. The lowest BCUT2D eigenvalue weighted by Gasteiger charge is -2.07. The quantitative estimate of drug-likeness (QED) is 0.476. The van der Waals surface area contributed by atoms with Crippen LogP contribution in [-0.4, -0.2) is 45.1 Å². The Morgan fingerprint density at radius 3 is 2.59 bits per heavy atom. The van der Waals surface area contributed by atoms with Crippen molar-refractivity contribution in [2.24, 2.45) is 7.05 Å². The van der Waals surface area contributed by atoms with Gasteiger partial charge in [-0.3, -0.25) is 19.9 Å². The highest BCUT2D eigenvalue weighted by Crippen LogP contribution is 2.32. The number of aromatic amines is 1. The van der Waals surface area contributed by atoms with E-state index in [-0.39, 0.29) is 22.8 Å². The van der Waals surface area contributed by atoms with Crippen LogP contribution in [0.2, 0.25) is 0 Å². The minimum atomic E-state index is -0.829. The van der Waals surface area contributed by atoms with Crippen molar-refractivity contribution < 1.29 is 23.0 Å². The van der Waals surface area contributed by atoms with E-state index in [4.69, 9.17) is 9.47 Å². The summed E-state index contributed by atoms with van der Waals surface area (Å²) in [6.07, 6.45) is 1.42. The number of ether oxygens (including phenoxy) is 2. The van der Waals surface area contributed by atoms with E-state index in [1.165, 1.54) is 24.1 Å². The summed E-state index contributed by atoms with van der Waals surface area (Å²) < 4.78 is 39.4. The summed E-state index contributed by atoms with van der Waals surface area (Å²) in [5, 5.41) is 13.4. The second-order valence-electron chi connectivity index (χ2n) is 6.72. The number of anilines is 1. The molecule has 0 aliphatic rings. The van der Waals surface area contributed by atoms with Crippen molar-refractivity contribution in [1.29, 1.82) is 0 Å². The lowest BCUT2D eigenvalue weighted by molar-refractivity contribution is 0.102. The van der Waals surface area contributed by atoms with E-state index < -0.39 is 17.5 Å². The number of carbonyl (C=O) groups is 1. The number of benzene rings is 2. The summed E-state index contributed by atoms with van der Waals surface area (Å²) in [6.45, 7) is 0. The molecule has 11 heteroatoms. The summed E-state index contributed by atoms with van der Waals surface area (Å²) >= 11 is 0. The summed E-state index contributed by atoms with van der Waals surface area (Å²) in [6, 6.07) is 8.21. The predicted molar refractivity (Wildman–Crippen MR) is 111 cm³/mol.